The smallest absolute Gasteiger partial charge is 0.255 e. The minimum atomic E-state index is 0.0251. The van der Waals surface area contributed by atoms with Gasteiger partial charge in [-0.25, -0.2) is 0 Å². The average molecular weight is 253 g/mol. The molecule has 0 aromatic carbocycles. The van der Waals surface area contributed by atoms with Crippen LogP contribution in [0.4, 0.5) is 0 Å². The van der Waals surface area contributed by atoms with E-state index in [0.717, 1.165) is 12.8 Å². The van der Waals surface area contributed by atoms with Gasteiger partial charge < -0.3 is 4.90 Å². The highest BCUT2D eigenvalue weighted by atomic mass is 35.5. The zero-order valence-corrected chi connectivity index (χ0v) is 10.9. The van der Waals surface area contributed by atoms with Crippen molar-refractivity contribution in [3.8, 4) is 0 Å². The van der Waals surface area contributed by atoms with Crippen LogP contribution in [0.25, 0.3) is 0 Å². The van der Waals surface area contributed by atoms with Crippen LogP contribution in [0.3, 0.4) is 0 Å². The highest BCUT2D eigenvalue weighted by Crippen LogP contribution is 2.26. The Morgan fingerprint density at radius 3 is 2.65 bits per heavy atom. The van der Waals surface area contributed by atoms with Gasteiger partial charge in [-0.3, -0.25) is 9.78 Å². The van der Waals surface area contributed by atoms with Crippen molar-refractivity contribution in [1.82, 2.24) is 9.88 Å². The van der Waals surface area contributed by atoms with Gasteiger partial charge in [0.05, 0.1) is 10.6 Å². The summed E-state index contributed by atoms with van der Waals surface area (Å²) >= 11 is 6.02. The van der Waals surface area contributed by atoms with Gasteiger partial charge in [-0.1, -0.05) is 11.6 Å². The molecule has 1 aromatic heterocycles. The van der Waals surface area contributed by atoms with Gasteiger partial charge in [0.15, 0.2) is 0 Å². The summed E-state index contributed by atoms with van der Waals surface area (Å²) in [6.45, 7) is 4.20. The first-order chi connectivity index (χ1) is 8.11. The van der Waals surface area contributed by atoms with Crippen LogP contribution in [0.1, 0.15) is 43.5 Å². The molecule has 2 heterocycles. The van der Waals surface area contributed by atoms with Crippen LogP contribution in [-0.2, 0) is 0 Å². The molecule has 2 unspecified atom stereocenters. The van der Waals surface area contributed by atoms with Crippen LogP contribution in [0.5, 0.6) is 0 Å². The maximum absolute atomic E-state index is 12.5. The van der Waals surface area contributed by atoms with E-state index in [9.17, 15) is 4.79 Å². The van der Waals surface area contributed by atoms with Crippen molar-refractivity contribution in [3.63, 3.8) is 0 Å². The molecule has 1 saturated heterocycles. The largest absolute Gasteiger partial charge is 0.333 e. The van der Waals surface area contributed by atoms with Gasteiger partial charge in [-0.2, -0.15) is 0 Å². The van der Waals surface area contributed by atoms with E-state index in [4.69, 9.17) is 11.6 Å². The van der Waals surface area contributed by atoms with E-state index in [2.05, 4.69) is 18.8 Å². The molecule has 1 aliphatic heterocycles. The van der Waals surface area contributed by atoms with Crippen LogP contribution >= 0.6 is 11.6 Å². The molecule has 0 radical (unpaired) electrons. The number of likely N-dealkylation sites (tertiary alicyclic amines) is 1. The highest BCUT2D eigenvalue weighted by molar-refractivity contribution is 6.33. The molecule has 4 heteroatoms. The Balaban J connectivity index is 2.27. The normalized spacial score (nSPS) is 24.8. The number of amides is 1. The monoisotopic (exact) mass is 252 g/mol. The van der Waals surface area contributed by atoms with Crippen molar-refractivity contribution in [2.24, 2.45) is 0 Å². The van der Waals surface area contributed by atoms with E-state index in [-0.39, 0.29) is 18.0 Å². The number of hydrogen-bond acceptors (Lipinski definition) is 2. The van der Waals surface area contributed by atoms with Gasteiger partial charge in [-0.15, -0.1) is 0 Å². The summed E-state index contributed by atoms with van der Waals surface area (Å²) in [5.41, 5.74) is 0.558. The average Bonchev–Trinajstić information content (AvgIpc) is 2.29. The second kappa shape index (κ2) is 5.05. The van der Waals surface area contributed by atoms with Crippen LogP contribution in [0.2, 0.25) is 5.02 Å². The number of piperidine rings is 1. The molecule has 0 N–H and O–H groups in total. The number of aromatic nitrogens is 1. The summed E-state index contributed by atoms with van der Waals surface area (Å²) in [6, 6.07) is 2.27. The number of carbonyl (C=O) groups is 1. The lowest BCUT2D eigenvalue weighted by Crippen LogP contribution is -2.47. The van der Waals surface area contributed by atoms with E-state index in [1.165, 1.54) is 12.6 Å². The predicted octanol–water partition coefficient (Wildman–Crippen LogP) is 3.14. The molecule has 17 heavy (non-hydrogen) atoms. The zero-order valence-electron chi connectivity index (χ0n) is 10.2. The molecule has 0 saturated carbocycles. The van der Waals surface area contributed by atoms with Crippen molar-refractivity contribution in [2.75, 3.05) is 0 Å². The van der Waals surface area contributed by atoms with Crippen molar-refractivity contribution in [3.05, 3.63) is 29.0 Å². The Bertz CT molecular complexity index is 412. The molecular formula is C13H17ClN2O. The van der Waals surface area contributed by atoms with Crippen molar-refractivity contribution in [2.45, 2.75) is 45.2 Å². The van der Waals surface area contributed by atoms with E-state index in [1.54, 1.807) is 12.3 Å². The summed E-state index contributed by atoms with van der Waals surface area (Å²) in [5, 5.41) is 0.433. The Hall–Kier alpha value is -1.09. The van der Waals surface area contributed by atoms with Gasteiger partial charge >= 0.3 is 0 Å². The van der Waals surface area contributed by atoms with Crippen molar-refractivity contribution < 1.29 is 4.79 Å². The summed E-state index contributed by atoms with van der Waals surface area (Å²) in [7, 11) is 0. The van der Waals surface area contributed by atoms with Gasteiger partial charge in [-0.05, 0) is 39.2 Å². The fraction of sp³-hybridized carbons (Fsp3) is 0.538. The Kier molecular flexibility index (Phi) is 3.67. The molecule has 1 amide bonds. The fourth-order valence-electron chi connectivity index (χ4n) is 2.51. The Morgan fingerprint density at radius 1 is 1.41 bits per heavy atom. The summed E-state index contributed by atoms with van der Waals surface area (Å²) in [6.07, 6.45) is 6.46. The minimum absolute atomic E-state index is 0.0251. The Morgan fingerprint density at radius 2 is 2.06 bits per heavy atom. The first-order valence-electron chi connectivity index (χ1n) is 6.03. The molecule has 3 nitrogen and oxygen atoms in total. The lowest BCUT2D eigenvalue weighted by molar-refractivity contribution is 0.0511. The van der Waals surface area contributed by atoms with E-state index in [1.807, 2.05) is 4.90 Å². The van der Waals surface area contributed by atoms with Crippen molar-refractivity contribution >= 4 is 17.5 Å². The van der Waals surface area contributed by atoms with Crippen LogP contribution in [0, 0.1) is 0 Å². The SMILES string of the molecule is CC1CCCC(C)N1C(=O)c1ccncc1Cl. The summed E-state index contributed by atoms with van der Waals surface area (Å²) < 4.78 is 0. The summed E-state index contributed by atoms with van der Waals surface area (Å²) in [5.74, 6) is 0.0251. The number of nitrogens with zero attached hydrogens (tertiary/aromatic N) is 2. The number of rotatable bonds is 1. The first kappa shape index (κ1) is 12.4. The highest BCUT2D eigenvalue weighted by Gasteiger charge is 2.30. The molecule has 92 valence electrons. The minimum Gasteiger partial charge on any atom is -0.333 e. The molecule has 0 bridgehead atoms. The second-order valence-corrected chi connectivity index (χ2v) is 5.10. The molecule has 1 aromatic rings. The molecule has 1 aliphatic rings. The van der Waals surface area contributed by atoms with E-state index in [0.29, 0.717) is 10.6 Å². The second-order valence-electron chi connectivity index (χ2n) is 4.70. The molecular weight excluding hydrogens is 236 g/mol. The quantitative estimate of drug-likeness (QED) is 0.769. The Labute approximate surface area is 107 Å². The van der Waals surface area contributed by atoms with Crippen molar-refractivity contribution in [1.29, 1.82) is 0 Å². The topological polar surface area (TPSA) is 33.2 Å². The van der Waals surface area contributed by atoms with Gasteiger partial charge in [0.1, 0.15) is 0 Å². The lowest BCUT2D eigenvalue weighted by atomic mass is 9.96. The maximum atomic E-state index is 12.5. The third-order valence-corrected chi connectivity index (χ3v) is 3.73. The maximum Gasteiger partial charge on any atom is 0.255 e. The van der Waals surface area contributed by atoms with E-state index >= 15 is 0 Å². The van der Waals surface area contributed by atoms with Gasteiger partial charge in [0.25, 0.3) is 5.91 Å². The fourth-order valence-corrected chi connectivity index (χ4v) is 2.71. The van der Waals surface area contributed by atoms with Gasteiger partial charge in [0, 0.05) is 24.5 Å². The molecule has 0 aliphatic carbocycles. The number of carbonyl (C=O) groups excluding carboxylic acids is 1. The molecule has 1 fully saturated rings. The molecule has 0 spiro atoms. The van der Waals surface area contributed by atoms with Gasteiger partial charge in [0.2, 0.25) is 0 Å². The first-order valence-corrected chi connectivity index (χ1v) is 6.41. The number of pyridine rings is 1. The zero-order chi connectivity index (χ0) is 12.4. The molecule has 2 atom stereocenters. The van der Waals surface area contributed by atoms with E-state index < -0.39 is 0 Å². The summed E-state index contributed by atoms with van der Waals surface area (Å²) in [4.78, 5) is 18.3. The van der Waals surface area contributed by atoms with Crippen LogP contribution in [0.15, 0.2) is 18.5 Å². The third-order valence-electron chi connectivity index (χ3n) is 3.43. The van der Waals surface area contributed by atoms with Crippen LogP contribution < -0.4 is 0 Å². The third kappa shape index (κ3) is 2.44. The lowest BCUT2D eigenvalue weighted by Gasteiger charge is -2.39. The molecule has 2 rings (SSSR count). The number of halogens is 1. The van der Waals surface area contributed by atoms with Crippen LogP contribution in [-0.4, -0.2) is 27.9 Å². The standard InChI is InChI=1S/C13H17ClN2O/c1-9-4-3-5-10(2)16(9)13(17)11-6-7-15-8-12(11)14/h6-10H,3-5H2,1-2H3. The number of hydrogen-bond donors (Lipinski definition) is 0. The predicted molar refractivity (Wildman–Crippen MR) is 68.2 cm³/mol.